The first kappa shape index (κ1) is 21.8. The van der Waals surface area contributed by atoms with E-state index in [9.17, 15) is 14.7 Å². The second-order valence-electron chi connectivity index (χ2n) is 7.51. The summed E-state index contributed by atoms with van der Waals surface area (Å²) < 4.78 is 5.12. The zero-order valence-electron chi connectivity index (χ0n) is 17.6. The number of carbonyl (C=O) groups is 2. The molecule has 0 saturated carbocycles. The van der Waals surface area contributed by atoms with Crippen molar-refractivity contribution in [1.29, 1.82) is 0 Å². The zero-order valence-corrected chi connectivity index (χ0v) is 17.6. The Kier molecular flexibility index (Phi) is 7.41. The number of ether oxygens (including phenoxy) is 1. The first-order valence-electron chi connectivity index (χ1n) is 10.5. The highest BCUT2D eigenvalue weighted by Gasteiger charge is 2.42. The second kappa shape index (κ2) is 10.2. The summed E-state index contributed by atoms with van der Waals surface area (Å²) >= 11 is 0. The molecule has 0 spiro atoms. The van der Waals surface area contributed by atoms with Crippen molar-refractivity contribution in [3.05, 3.63) is 82.6 Å². The van der Waals surface area contributed by atoms with Gasteiger partial charge in [0.1, 0.15) is 0 Å². The second-order valence-corrected chi connectivity index (χ2v) is 7.51. The molecule has 1 aliphatic rings. The molecule has 1 amide bonds. The van der Waals surface area contributed by atoms with Gasteiger partial charge in [-0.3, -0.25) is 9.59 Å². The Morgan fingerprint density at radius 2 is 1.77 bits per heavy atom. The maximum atomic E-state index is 13.1. The number of aliphatic hydroxyl groups excluding tert-OH is 1. The van der Waals surface area contributed by atoms with Crippen LogP contribution in [0.15, 0.2) is 65.9 Å². The maximum absolute atomic E-state index is 13.1. The molecule has 1 N–H and O–H groups in total. The standard InChI is InChI=1S/C25H29NO4/c1-3-18-10-13-20(14-11-18)23-22(21(27)15-12-19-8-5-4-6-9-19)24(28)25(29)26(23)16-7-17-30-2/h4-6,8-11,13-14,23,28H,3,7,12,15-17H2,1-2H3. The Hall–Kier alpha value is -2.92. The van der Waals surface area contributed by atoms with Gasteiger partial charge < -0.3 is 14.7 Å². The van der Waals surface area contributed by atoms with E-state index in [1.165, 1.54) is 5.56 Å². The molecule has 2 aromatic carbocycles. The molecule has 158 valence electrons. The third kappa shape index (κ3) is 4.79. The number of hydrogen-bond acceptors (Lipinski definition) is 4. The molecule has 1 atom stereocenters. The van der Waals surface area contributed by atoms with Crippen molar-refractivity contribution >= 4 is 11.7 Å². The molecule has 2 aromatic rings. The summed E-state index contributed by atoms with van der Waals surface area (Å²) in [5.41, 5.74) is 3.28. The van der Waals surface area contributed by atoms with E-state index in [0.29, 0.717) is 26.0 Å². The maximum Gasteiger partial charge on any atom is 0.290 e. The normalized spacial score (nSPS) is 16.4. The van der Waals surface area contributed by atoms with Crippen LogP contribution in [0.4, 0.5) is 0 Å². The quantitative estimate of drug-likeness (QED) is 0.600. The van der Waals surface area contributed by atoms with Crippen molar-refractivity contribution in [2.24, 2.45) is 0 Å². The molecular formula is C25H29NO4. The van der Waals surface area contributed by atoms with Gasteiger partial charge in [0.05, 0.1) is 11.6 Å². The van der Waals surface area contributed by atoms with E-state index in [-0.39, 0.29) is 17.8 Å². The summed E-state index contributed by atoms with van der Waals surface area (Å²) in [6.07, 6.45) is 2.35. The Balaban J connectivity index is 1.88. The predicted molar refractivity (Wildman–Crippen MR) is 116 cm³/mol. The van der Waals surface area contributed by atoms with Gasteiger partial charge in [-0.25, -0.2) is 0 Å². The summed E-state index contributed by atoms with van der Waals surface area (Å²) in [6.45, 7) is 2.99. The molecule has 1 heterocycles. The topological polar surface area (TPSA) is 66.8 Å². The highest BCUT2D eigenvalue weighted by Crippen LogP contribution is 2.38. The van der Waals surface area contributed by atoms with E-state index < -0.39 is 17.7 Å². The number of ketones is 1. The van der Waals surface area contributed by atoms with Crippen molar-refractivity contribution < 1.29 is 19.4 Å². The molecule has 1 unspecified atom stereocenters. The molecule has 0 aliphatic carbocycles. The minimum absolute atomic E-state index is 0.191. The molecule has 30 heavy (non-hydrogen) atoms. The fourth-order valence-electron chi connectivity index (χ4n) is 3.87. The smallest absolute Gasteiger partial charge is 0.290 e. The summed E-state index contributed by atoms with van der Waals surface area (Å²) in [5, 5.41) is 10.6. The van der Waals surface area contributed by atoms with Gasteiger partial charge in [0, 0.05) is 26.7 Å². The lowest BCUT2D eigenvalue weighted by molar-refractivity contribution is -0.129. The number of rotatable bonds is 10. The van der Waals surface area contributed by atoms with Crippen LogP contribution in [0.1, 0.15) is 42.5 Å². The minimum Gasteiger partial charge on any atom is -0.503 e. The van der Waals surface area contributed by atoms with Crippen LogP contribution in [-0.4, -0.2) is 42.0 Å². The van der Waals surface area contributed by atoms with Crippen LogP contribution in [-0.2, 0) is 27.2 Å². The summed E-state index contributed by atoms with van der Waals surface area (Å²) in [7, 11) is 1.61. The Labute approximate surface area is 178 Å². The van der Waals surface area contributed by atoms with Crippen LogP contribution in [0.5, 0.6) is 0 Å². The van der Waals surface area contributed by atoms with Gasteiger partial charge in [-0.2, -0.15) is 0 Å². The molecule has 0 saturated heterocycles. The van der Waals surface area contributed by atoms with E-state index in [0.717, 1.165) is 17.5 Å². The number of aliphatic hydroxyl groups is 1. The monoisotopic (exact) mass is 407 g/mol. The number of methoxy groups -OCH3 is 1. The first-order chi connectivity index (χ1) is 14.6. The number of aryl methyl sites for hydroxylation is 2. The summed E-state index contributed by atoms with van der Waals surface area (Å²) in [5.74, 6) is -1.10. The molecule has 1 aliphatic heterocycles. The molecule has 0 fully saturated rings. The zero-order chi connectivity index (χ0) is 21.5. The van der Waals surface area contributed by atoms with Crippen molar-refractivity contribution in [3.63, 3.8) is 0 Å². The third-order valence-corrected chi connectivity index (χ3v) is 5.54. The SMILES string of the molecule is CCc1ccc(C2C(C(=O)CCc3ccccc3)=C(O)C(=O)N2CCCOC)cc1. The molecule has 3 rings (SSSR count). The minimum atomic E-state index is -0.566. The Bertz CT molecular complexity index is 903. The highest BCUT2D eigenvalue weighted by molar-refractivity contribution is 6.09. The average Bonchev–Trinajstić information content (AvgIpc) is 3.03. The van der Waals surface area contributed by atoms with Crippen LogP contribution in [0, 0.1) is 0 Å². The van der Waals surface area contributed by atoms with Crippen LogP contribution in [0.25, 0.3) is 0 Å². The highest BCUT2D eigenvalue weighted by atomic mass is 16.5. The van der Waals surface area contributed by atoms with Gasteiger partial charge >= 0.3 is 0 Å². The van der Waals surface area contributed by atoms with Crippen LogP contribution in [0.3, 0.4) is 0 Å². The summed E-state index contributed by atoms with van der Waals surface area (Å²) in [6, 6.07) is 17.1. The fraction of sp³-hybridized carbons (Fsp3) is 0.360. The van der Waals surface area contributed by atoms with Gasteiger partial charge in [0.25, 0.3) is 5.91 Å². The van der Waals surface area contributed by atoms with Gasteiger partial charge in [-0.15, -0.1) is 0 Å². The lowest BCUT2D eigenvalue weighted by Crippen LogP contribution is -2.32. The van der Waals surface area contributed by atoms with E-state index in [1.54, 1.807) is 12.0 Å². The molecular weight excluding hydrogens is 378 g/mol. The van der Waals surface area contributed by atoms with Crippen molar-refractivity contribution in [2.75, 3.05) is 20.3 Å². The number of carbonyl (C=O) groups excluding carboxylic acids is 2. The van der Waals surface area contributed by atoms with Crippen molar-refractivity contribution in [3.8, 4) is 0 Å². The van der Waals surface area contributed by atoms with Gasteiger partial charge in [0.15, 0.2) is 11.5 Å². The van der Waals surface area contributed by atoms with Crippen LogP contribution >= 0.6 is 0 Å². The van der Waals surface area contributed by atoms with Crippen molar-refractivity contribution in [1.82, 2.24) is 4.90 Å². The summed E-state index contributed by atoms with van der Waals surface area (Å²) in [4.78, 5) is 27.5. The van der Waals surface area contributed by atoms with Gasteiger partial charge in [0.2, 0.25) is 0 Å². The lowest BCUT2D eigenvalue weighted by atomic mass is 9.92. The molecule has 5 heteroatoms. The number of amides is 1. The molecule has 5 nitrogen and oxygen atoms in total. The van der Waals surface area contributed by atoms with E-state index in [2.05, 4.69) is 6.92 Å². The predicted octanol–water partition coefficient (Wildman–Crippen LogP) is 4.18. The third-order valence-electron chi connectivity index (χ3n) is 5.54. The van der Waals surface area contributed by atoms with E-state index in [4.69, 9.17) is 4.74 Å². The number of Topliss-reactive ketones (excluding diaryl/α,β-unsaturated/α-hetero) is 1. The molecule has 0 aromatic heterocycles. The Morgan fingerprint density at radius 1 is 1.07 bits per heavy atom. The van der Waals surface area contributed by atoms with E-state index in [1.807, 2.05) is 54.6 Å². The van der Waals surface area contributed by atoms with Crippen LogP contribution in [0.2, 0.25) is 0 Å². The van der Waals surface area contributed by atoms with E-state index >= 15 is 0 Å². The number of nitrogens with zero attached hydrogens (tertiary/aromatic N) is 1. The van der Waals surface area contributed by atoms with Gasteiger partial charge in [-0.1, -0.05) is 61.5 Å². The molecule has 0 radical (unpaired) electrons. The van der Waals surface area contributed by atoms with Crippen LogP contribution < -0.4 is 0 Å². The average molecular weight is 408 g/mol. The number of benzene rings is 2. The largest absolute Gasteiger partial charge is 0.503 e. The first-order valence-corrected chi connectivity index (χ1v) is 10.5. The van der Waals surface area contributed by atoms with Crippen molar-refractivity contribution in [2.45, 2.75) is 38.6 Å². The Morgan fingerprint density at radius 3 is 2.40 bits per heavy atom. The van der Waals surface area contributed by atoms with Gasteiger partial charge in [-0.05, 0) is 36.0 Å². The fourth-order valence-corrected chi connectivity index (χ4v) is 3.87. The number of hydrogen-bond donors (Lipinski definition) is 1. The lowest BCUT2D eigenvalue weighted by Gasteiger charge is -2.27. The molecule has 0 bridgehead atoms.